The molecule has 1 unspecified atom stereocenters. The Bertz CT molecular complexity index is 608. The molecule has 0 amide bonds. The fourth-order valence-electron chi connectivity index (χ4n) is 2.39. The number of aliphatic hydroxyl groups is 1. The highest BCUT2D eigenvalue weighted by atomic mass is 19.1. The molecule has 2 heteroatoms. The predicted octanol–water partition coefficient (Wildman–Crippen LogP) is 4.71. The lowest BCUT2D eigenvalue weighted by Crippen LogP contribution is -2.11. The predicted molar refractivity (Wildman–Crippen MR) is 84.9 cm³/mol. The van der Waals surface area contributed by atoms with Crippen molar-refractivity contribution in [1.29, 1.82) is 0 Å². The normalized spacial score (nSPS) is 13.2. The van der Waals surface area contributed by atoms with Gasteiger partial charge >= 0.3 is 0 Å². The molecule has 0 saturated carbocycles. The van der Waals surface area contributed by atoms with Crippen LogP contribution in [0.3, 0.4) is 0 Å². The molecule has 2 aromatic rings. The van der Waals surface area contributed by atoms with Crippen molar-refractivity contribution in [3.05, 3.63) is 70.5 Å². The summed E-state index contributed by atoms with van der Waals surface area (Å²) >= 11 is 0. The Morgan fingerprint density at radius 3 is 2.24 bits per heavy atom. The van der Waals surface area contributed by atoms with E-state index < -0.39 is 6.10 Å². The van der Waals surface area contributed by atoms with Crippen molar-refractivity contribution < 1.29 is 9.50 Å². The number of aryl methyl sites for hydroxylation is 1. The Morgan fingerprint density at radius 2 is 1.67 bits per heavy atom. The monoisotopic (exact) mass is 286 g/mol. The Kier molecular flexibility index (Phi) is 4.48. The first-order chi connectivity index (χ1) is 9.77. The van der Waals surface area contributed by atoms with Crippen LogP contribution in [0.5, 0.6) is 0 Å². The van der Waals surface area contributed by atoms with Crippen molar-refractivity contribution in [2.75, 3.05) is 0 Å². The molecular formula is C19H23FO. The van der Waals surface area contributed by atoms with E-state index in [1.165, 1.54) is 17.7 Å². The quantitative estimate of drug-likeness (QED) is 0.866. The molecule has 0 bridgehead atoms. The zero-order valence-corrected chi connectivity index (χ0v) is 13.2. The summed E-state index contributed by atoms with van der Waals surface area (Å²) in [6.07, 6.45) is -0.183. The fraction of sp³-hybridized carbons (Fsp3) is 0.368. The molecular weight excluding hydrogens is 263 g/mol. The second-order valence-corrected chi connectivity index (χ2v) is 6.66. The molecule has 0 radical (unpaired) electrons. The molecule has 1 atom stereocenters. The molecule has 0 fully saturated rings. The first kappa shape index (κ1) is 15.7. The summed E-state index contributed by atoms with van der Waals surface area (Å²) in [4.78, 5) is 0. The number of hydrogen-bond acceptors (Lipinski definition) is 1. The van der Waals surface area contributed by atoms with Gasteiger partial charge in [0.25, 0.3) is 0 Å². The summed E-state index contributed by atoms with van der Waals surface area (Å²) in [5.41, 5.74) is 4.05. The summed E-state index contributed by atoms with van der Waals surface area (Å²) in [6, 6.07) is 12.7. The van der Waals surface area contributed by atoms with E-state index in [1.807, 2.05) is 19.1 Å². The van der Waals surface area contributed by atoms with Crippen LogP contribution in [0.1, 0.15) is 49.1 Å². The first-order valence-electron chi connectivity index (χ1n) is 7.31. The standard InChI is InChI=1S/C19H23FO/c1-13-5-10-17(20)11-15(13)12-18(21)14-6-8-16(9-7-14)19(2,3)4/h5-11,18,21H,12H2,1-4H3. The van der Waals surface area contributed by atoms with E-state index in [2.05, 4.69) is 32.9 Å². The van der Waals surface area contributed by atoms with Crippen molar-refractivity contribution in [2.45, 2.75) is 45.6 Å². The van der Waals surface area contributed by atoms with Gasteiger partial charge in [0.1, 0.15) is 5.82 Å². The molecule has 0 spiro atoms. The van der Waals surface area contributed by atoms with E-state index in [1.54, 1.807) is 6.07 Å². The largest absolute Gasteiger partial charge is 0.388 e. The molecule has 112 valence electrons. The third-order valence-electron chi connectivity index (χ3n) is 3.89. The lowest BCUT2D eigenvalue weighted by atomic mass is 9.86. The molecule has 0 aliphatic carbocycles. The summed E-state index contributed by atoms with van der Waals surface area (Å²) in [5.74, 6) is -0.258. The van der Waals surface area contributed by atoms with E-state index in [0.717, 1.165) is 16.7 Å². The smallest absolute Gasteiger partial charge is 0.123 e. The van der Waals surface area contributed by atoms with Crippen LogP contribution in [0, 0.1) is 12.7 Å². The van der Waals surface area contributed by atoms with Gasteiger partial charge in [-0.15, -0.1) is 0 Å². The summed E-state index contributed by atoms with van der Waals surface area (Å²) < 4.78 is 13.3. The lowest BCUT2D eigenvalue weighted by molar-refractivity contribution is 0.178. The maximum atomic E-state index is 13.3. The summed E-state index contributed by atoms with van der Waals surface area (Å²) in [7, 11) is 0. The average Bonchev–Trinajstić information content (AvgIpc) is 2.42. The summed E-state index contributed by atoms with van der Waals surface area (Å²) in [5, 5.41) is 10.4. The second kappa shape index (κ2) is 5.98. The Morgan fingerprint density at radius 1 is 1.05 bits per heavy atom. The highest BCUT2D eigenvalue weighted by Crippen LogP contribution is 2.26. The van der Waals surface area contributed by atoms with Crippen LogP contribution in [0.2, 0.25) is 0 Å². The van der Waals surface area contributed by atoms with E-state index in [-0.39, 0.29) is 11.2 Å². The third-order valence-corrected chi connectivity index (χ3v) is 3.89. The van der Waals surface area contributed by atoms with Crippen LogP contribution in [-0.4, -0.2) is 5.11 Å². The van der Waals surface area contributed by atoms with E-state index >= 15 is 0 Å². The third kappa shape index (κ3) is 3.92. The van der Waals surface area contributed by atoms with Gasteiger partial charge in [-0.05, 0) is 46.7 Å². The number of halogens is 1. The van der Waals surface area contributed by atoms with Gasteiger partial charge in [0.05, 0.1) is 6.10 Å². The fourth-order valence-corrected chi connectivity index (χ4v) is 2.39. The molecule has 1 nitrogen and oxygen atoms in total. The maximum Gasteiger partial charge on any atom is 0.123 e. The number of aliphatic hydroxyl groups excluding tert-OH is 1. The molecule has 0 heterocycles. The first-order valence-corrected chi connectivity index (χ1v) is 7.31. The number of benzene rings is 2. The molecule has 2 rings (SSSR count). The van der Waals surface area contributed by atoms with Gasteiger partial charge in [-0.1, -0.05) is 51.1 Å². The van der Waals surface area contributed by atoms with Crippen molar-refractivity contribution >= 4 is 0 Å². The van der Waals surface area contributed by atoms with Crippen LogP contribution in [0.15, 0.2) is 42.5 Å². The Hall–Kier alpha value is -1.67. The lowest BCUT2D eigenvalue weighted by Gasteiger charge is -2.20. The van der Waals surface area contributed by atoms with Crippen LogP contribution in [0.4, 0.5) is 4.39 Å². The van der Waals surface area contributed by atoms with Crippen LogP contribution < -0.4 is 0 Å². The topological polar surface area (TPSA) is 20.2 Å². The van der Waals surface area contributed by atoms with Crippen LogP contribution in [0.25, 0.3) is 0 Å². The molecule has 0 saturated heterocycles. The van der Waals surface area contributed by atoms with Gasteiger partial charge in [0, 0.05) is 6.42 Å². The van der Waals surface area contributed by atoms with Crippen molar-refractivity contribution in [1.82, 2.24) is 0 Å². The van der Waals surface area contributed by atoms with E-state index in [9.17, 15) is 9.50 Å². The Labute approximate surface area is 126 Å². The molecule has 0 aromatic heterocycles. The highest BCUT2D eigenvalue weighted by molar-refractivity contribution is 5.32. The van der Waals surface area contributed by atoms with Gasteiger partial charge in [-0.2, -0.15) is 0 Å². The molecule has 0 aliphatic heterocycles. The Balaban J connectivity index is 2.17. The van der Waals surface area contributed by atoms with E-state index in [0.29, 0.717) is 6.42 Å². The van der Waals surface area contributed by atoms with Gasteiger partial charge in [0.15, 0.2) is 0 Å². The van der Waals surface area contributed by atoms with Crippen molar-refractivity contribution in [3.8, 4) is 0 Å². The van der Waals surface area contributed by atoms with Gasteiger partial charge in [0.2, 0.25) is 0 Å². The van der Waals surface area contributed by atoms with Crippen molar-refractivity contribution in [3.63, 3.8) is 0 Å². The summed E-state index contributed by atoms with van der Waals surface area (Å²) in [6.45, 7) is 8.42. The molecule has 21 heavy (non-hydrogen) atoms. The van der Waals surface area contributed by atoms with E-state index in [4.69, 9.17) is 0 Å². The van der Waals surface area contributed by atoms with Gasteiger partial charge in [-0.3, -0.25) is 0 Å². The highest BCUT2D eigenvalue weighted by Gasteiger charge is 2.15. The second-order valence-electron chi connectivity index (χ2n) is 6.66. The zero-order valence-electron chi connectivity index (χ0n) is 13.2. The minimum absolute atomic E-state index is 0.0998. The number of rotatable bonds is 3. The SMILES string of the molecule is Cc1ccc(F)cc1CC(O)c1ccc(C(C)(C)C)cc1. The van der Waals surface area contributed by atoms with Gasteiger partial charge < -0.3 is 5.11 Å². The minimum Gasteiger partial charge on any atom is -0.388 e. The van der Waals surface area contributed by atoms with Crippen molar-refractivity contribution in [2.24, 2.45) is 0 Å². The average molecular weight is 286 g/mol. The van der Waals surface area contributed by atoms with Crippen LogP contribution >= 0.6 is 0 Å². The van der Waals surface area contributed by atoms with Gasteiger partial charge in [-0.25, -0.2) is 4.39 Å². The van der Waals surface area contributed by atoms with Crippen LogP contribution in [-0.2, 0) is 11.8 Å². The molecule has 1 N–H and O–H groups in total. The minimum atomic E-state index is -0.612. The number of hydrogen-bond donors (Lipinski definition) is 1. The molecule has 2 aromatic carbocycles. The zero-order chi connectivity index (χ0) is 15.6. The molecule has 0 aliphatic rings. The maximum absolute atomic E-state index is 13.3.